The van der Waals surface area contributed by atoms with E-state index in [1.54, 1.807) is 0 Å². The fourth-order valence-corrected chi connectivity index (χ4v) is 4.01. The molecule has 6 nitrogen and oxygen atoms in total. The minimum atomic E-state index is -0.345. The molecule has 2 aliphatic rings. The molecular weight excluding hydrogens is 352 g/mol. The Hall–Kier alpha value is -3.12. The van der Waals surface area contributed by atoms with E-state index >= 15 is 0 Å². The van der Waals surface area contributed by atoms with Gasteiger partial charge in [-0.1, -0.05) is 42.5 Å². The van der Waals surface area contributed by atoms with Crippen molar-refractivity contribution < 1.29 is 9.53 Å². The molecule has 3 N–H and O–H groups in total. The van der Waals surface area contributed by atoms with E-state index < -0.39 is 0 Å². The molecule has 1 aromatic heterocycles. The van der Waals surface area contributed by atoms with Crippen LogP contribution < -0.4 is 11.1 Å². The van der Waals surface area contributed by atoms with Gasteiger partial charge in [0.1, 0.15) is 6.10 Å². The van der Waals surface area contributed by atoms with Crippen LogP contribution in [0, 0.1) is 0 Å². The lowest BCUT2D eigenvalue weighted by Crippen LogP contribution is -2.20. The van der Waals surface area contributed by atoms with Crippen LogP contribution in [0.4, 0.5) is 5.69 Å². The van der Waals surface area contributed by atoms with Crippen LogP contribution in [0.5, 0.6) is 0 Å². The molecule has 28 heavy (non-hydrogen) atoms. The largest absolute Gasteiger partial charge is 0.369 e. The van der Waals surface area contributed by atoms with Crippen molar-refractivity contribution in [2.75, 3.05) is 5.32 Å². The maximum atomic E-state index is 11.7. The first-order chi connectivity index (χ1) is 13.7. The van der Waals surface area contributed by atoms with Gasteiger partial charge in [0.05, 0.1) is 24.1 Å². The lowest BCUT2D eigenvalue weighted by Gasteiger charge is -2.19. The van der Waals surface area contributed by atoms with Crippen LogP contribution in [-0.4, -0.2) is 27.8 Å². The number of ether oxygens (including phenoxy) is 1. The number of benzene rings is 2. The first kappa shape index (κ1) is 17.0. The molecule has 0 saturated carbocycles. The van der Waals surface area contributed by atoms with Crippen LogP contribution in [0.2, 0.25) is 0 Å². The predicted octanol–water partition coefficient (Wildman–Crippen LogP) is 2.24. The molecule has 0 radical (unpaired) electrons. The minimum Gasteiger partial charge on any atom is -0.369 e. The van der Waals surface area contributed by atoms with Crippen molar-refractivity contribution in [3.8, 4) is 0 Å². The molecule has 2 atom stereocenters. The smallest absolute Gasteiger partial charge is 0.223 e. The molecular formula is C22H22N4O2. The van der Waals surface area contributed by atoms with Crippen molar-refractivity contribution in [1.82, 2.24) is 9.55 Å². The summed E-state index contributed by atoms with van der Waals surface area (Å²) in [6, 6.07) is 16.4. The van der Waals surface area contributed by atoms with Crippen molar-refractivity contribution in [3.63, 3.8) is 0 Å². The normalized spacial score (nSPS) is 19.4. The van der Waals surface area contributed by atoms with Crippen LogP contribution in [0.3, 0.4) is 0 Å². The second-order valence-corrected chi connectivity index (χ2v) is 7.46. The highest BCUT2D eigenvalue weighted by Gasteiger charge is 2.43. The van der Waals surface area contributed by atoms with E-state index in [-0.39, 0.29) is 24.7 Å². The number of anilines is 1. The Bertz CT molecular complexity index is 1030. The van der Waals surface area contributed by atoms with Crippen LogP contribution in [0.15, 0.2) is 54.9 Å². The molecule has 1 fully saturated rings. The number of carbonyl (C=O) groups excluding carboxylic acids is 1. The summed E-state index contributed by atoms with van der Waals surface area (Å²) in [5, 5.41) is 3.42. The third kappa shape index (κ3) is 3.27. The average molecular weight is 374 g/mol. The molecule has 3 heterocycles. The summed E-state index contributed by atoms with van der Waals surface area (Å²) in [5.41, 5.74) is 12.1. The number of amides is 1. The fraction of sp³-hybridized carbons (Fsp3) is 0.273. The number of aromatic nitrogens is 2. The Morgan fingerprint density at radius 2 is 2.07 bits per heavy atom. The summed E-state index contributed by atoms with van der Waals surface area (Å²) in [5.74, 6) is -0.345. The Morgan fingerprint density at radius 3 is 2.89 bits per heavy atom. The molecule has 1 amide bonds. The number of primary amides is 1. The molecule has 2 aromatic carbocycles. The van der Waals surface area contributed by atoms with Crippen molar-refractivity contribution >= 4 is 11.6 Å². The number of nitrogens with one attached hydrogen (secondary N) is 1. The highest BCUT2D eigenvalue weighted by molar-refractivity contribution is 5.76. The van der Waals surface area contributed by atoms with Gasteiger partial charge in [-0.2, -0.15) is 0 Å². The van der Waals surface area contributed by atoms with E-state index in [2.05, 4.69) is 45.2 Å². The number of imidazole rings is 1. The number of nitrogens with two attached hydrogens (primary N) is 1. The topological polar surface area (TPSA) is 85.5 Å². The highest BCUT2D eigenvalue weighted by atomic mass is 16.6. The summed E-state index contributed by atoms with van der Waals surface area (Å²) in [7, 11) is 0. The van der Waals surface area contributed by atoms with E-state index in [0.717, 1.165) is 29.1 Å². The molecule has 5 rings (SSSR count). The Balaban J connectivity index is 1.46. The summed E-state index contributed by atoms with van der Waals surface area (Å²) in [6.07, 6.45) is 4.04. The zero-order valence-corrected chi connectivity index (χ0v) is 15.5. The zero-order valence-electron chi connectivity index (χ0n) is 15.5. The van der Waals surface area contributed by atoms with Gasteiger partial charge in [0, 0.05) is 25.1 Å². The third-order valence-electron chi connectivity index (χ3n) is 5.49. The van der Waals surface area contributed by atoms with Crippen molar-refractivity contribution in [2.24, 2.45) is 5.73 Å². The Kier molecular flexibility index (Phi) is 4.13. The number of hydrogen-bond donors (Lipinski definition) is 2. The molecule has 2 unspecified atom stereocenters. The first-order valence-corrected chi connectivity index (χ1v) is 9.55. The van der Waals surface area contributed by atoms with E-state index in [1.807, 2.05) is 24.5 Å². The second-order valence-electron chi connectivity index (χ2n) is 7.46. The highest BCUT2D eigenvalue weighted by Crippen LogP contribution is 2.37. The molecule has 0 spiro atoms. The average Bonchev–Trinajstić information content (AvgIpc) is 3.37. The van der Waals surface area contributed by atoms with Gasteiger partial charge in [0.25, 0.3) is 0 Å². The molecule has 2 aliphatic heterocycles. The summed E-state index contributed by atoms with van der Waals surface area (Å²) in [4.78, 5) is 16.3. The molecule has 6 heteroatoms. The quantitative estimate of drug-likeness (QED) is 0.648. The maximum absolute atomic E-state index is 11.7. The monoisotopic (exact) mass is 374 g/mol. The minimum absolute atomic E-state index is 0.166. The number of carbonyl (C=O) groups is 1. The van der Waals surface area contributed by atoms with Crippen LogP contribution >= 0.6 is 0 Å². The summed E-state index contributed by atoms with van der Waals surface area (Å²) in [6.45, 7) is 0.659. The standard InChI is InChI=1S/C22H22N4O2/c23-21(27)11-19-18(9-14-5-2-1-3-6-14)24-13-26(19)12-15-7-4-8-17-16(15)10-20-22(25-17)28-20/h1-8,13,20,22,25H,9-12H2,(H2,23,27). The molecule has 1 saturated heterocycles. The second kappa shape index (κ2) is 6.80. The van der Waals surface area contributed by atoms with E-state index in [0.29, 0.717) is 13.0 Å². The van der Waals surface area contributed by atoms with E-state index in [4.69, 9.17) is 10.5 Å². The summed E-state index contributed by atoms with van der Waals surface area (Å²) < 4.78 is 7.67. The van der Waals surface area contributed by atoms with E-state index in [9.17, 15) is 4.79 Å². The van der Waals surface area contributed by atoms with Gasteiger partial charge in [-0.15, -0.1) is 0 Å². The number of hydrogen-bond acceptors (Lipinski definition) is 4. The Labute approximate surface area is 163 Å². The molecule has 0 aliphatic carbocycles. The van der Waals surface area contributed by atoms with Gasteiger partial charge in [0.2, 0.25) is 5.91 Å². The predicted molar refractivity (Wildman–Crippen MR) is 106 cm³/mol. The van der Waals surface area contributed by atoms with Gasteiger partial charge < -0.3 is 20.4 Å². The molecule has 0 bridgehead atoms. The van der Waals surface area contributed by atoms with Gasteiger partial charge in [-0.05, 0) is 22.8 Å². The van der Waals surface area contributed by atoms with Gasteiger partial charge in [0.15, 0.2) is 6.23 Å². The summed E-state index contributed by atoms with van der Waals surface area (Å²) >= 11 is 0. The maximum Gasteiger partial charge on any atom is 0.223 e. The van der Waals surface area contributed by atoms with Crippen molar-refractivity contribution in [1.29, 1.82) is 0 Å². The first-order valence-electron chi connectivity index (χ1n) is 9.55. The van der Waals surface area contributed by atoms with Crippen LogP contribution in [0.25, 0.3) is 0 Å². The van der Waals surface area contributed by atoms with Crippen LogP contribution in [-0.2, 0) is 35.3 Å². The lowest BCUT2D eigenvalue weighted by molar-refractivity contribution is -0.117. The van der Waals surface area contributed by atoms with E-state index in [1.165, 1.54) is 11.1 Å². The van der Waals surface area contributed by atoms with Gasteiger partial charge >= 0.3 is 0 Å². The molecule has 3 aromatic rings. The zero-order chi connectivity index (χ0) is 19.1. The third-order valence-corrected chi connectivity index (χ3v) is 5.49. The molecule has 142 valence electrons. The Morgan fingerprint density at radius 1 is 1.21 bits per heavy atom. The fourth-order valence-electron chi connectivity index (χ4n) is 4.01. The van der Waals surface area contributed by atoms with Crippen LogP contribution in [0.1, 0.15) is 28.1 Å². The van der Waals surface area contributed by atoms with Crippen molar-refractivity contribution in [3.05, 3.63) is 82.9 Å². The van der Waals surface area contributed by atoms with Gasteiger partial charge in [-0.25, -0.2) is 4.98 Å². The number of rotatable bonds is 6. The van der Waals surface area contributed by atoms with Gasteiger partial charge in [-0.3, -0.25) is 4.79 Å². The number of fused-ring (bicyclic) bond motifs is 2. The number of nitrogens with zero attached hydrogens (tertiary/aromatic N) is 2. The SMILES string of the molecule is NC(=O)Cc1c(Cc2ccccc2)ncn1Cc1cccc2c1CC1OC1N2. The number of epoxide rings is 1. The van der Waals surface area contributed by atoms with Crippen molar-refractivity contribution in [2.45, 2.75) is 38.1 Å². The lowest BCUT2D eigenvalue weighted by atomic mass is 9.97.